The predicted octanol–water partition coefficient (Wildman–Crippen LogP) is 1.08. The molecule has 1 amide bonds. The van der Waals surface area contributed by atoms with Crippen molar-refractivity contribution in [2.24, 2.45) is 7.05 Å². The van der Waals surface area contributed by atoms with Crippen LogP contribution in [-0.4, -0.2) is 45.8 Å². The maximum absolute atomic E-state index is 12.3. The molecule has 2 aliphatic rings. The molecular formula is C14H22N4O. The molecule has 0 aliphatic carbocycles. The summed E-state index contributed by atoms with van der Waals surface area (Å²) in [7, 11) is 4.03. The van der Waals surface area contributed by atoms with Crippen LogP contribution in [0.25, 0.3) is 0 Å². The van der Waals surface area contributed by atoms with Crippen LogP contribution in [0.15, 0.2) is 6.07 Å². The second kappa shape index (κ2) is 4.63. The molecule has 5 nitrogen and oxygen atoms in total. The van der Waals surface area contributed by atoms with E-state index in [1.54, 1.807) is 4.68 Å². The highest BCUT2D eigenvalue weighted by Gasteiger charge is 2.38. The summed E-state index contributed by atoms with van der Waals surface area (Å²) in [5, 5.41) is 7.41. The number of aryl methyl sites for hydroxylation is 2. The van der Waals surface area contributed by atoms with Crippen LogP contribution in [0.1, 0.15) is 41.9 Å². The summed E-state index contributed by atoms with van der Waals surface area (Å²) >= 11 is 0. The van der Waals surface area contributed by atoms with Crippen LogP contribution in [0.3, 0.4) is 0 Å². The van der Waals surface area contributed by atoms with Gasteiger partial charge >= 0.3 is 0 Å². The number of hydrogen-bond donors (Lipinski definition) is 1. The molecule has 3 heterocycles. The monoisotopic (exact) mass is 262 g/mol. The summed E-state index contributed by atoms with van der Waals surface area (Å²) in [5.41, 5.74) is 1.54. The van der Waals surface area contributed by atoms with Crippen molar-refractivity contribution in [2.45, 2.75) is 50.7 Å². The molecule has 1 aromatic heterocycles. The van der Waals surface area contributed by atoms with Crippen molar-refractivity contribution in [3.8, 4) is 0 Å². The fraction of sp³-hybridized carbons (Fsp3) is 0.714. The summed E-state index contributed by atoms with van der Waals surface area (Å²) in [4.78, 5) is 14.8. The molecule has 19 heavy (non-hydrogen) atoms. The minimum absolute atomic E-state index is 0.0112. The second-order valence-corrected chi connectivity index (χ2v) is 5.99. The predicted molar refractivity (Wildman–Crippen MR) is 73.0 cm³/mol. The molecule has 2 atom stereocenters. The molecule has 104 valence electrons. The molecule has 2 bridgehead atoms. The lowest BCUT2D eigenvalue weighted by atomic mass is 9.98. The van der Waals surface area contributed by atoms with Crippen LogP contribution in [0.5, 0.6) is 0 Å². The number of carbonyl (C=O) groups excluding carboxylic acids is 1. The van der Waals surface area contributed by atoms with E-state index < -0.39 is 0 Å². The Labute approximate surface area is 114 Å². The highest BCUT2D eigenvalue weighted by atomic mass is 16.2. The molecule has 2 unspecified atom stereocenters. The van der Waals surface area contributed by atoms with Crippen molar-refractivity contribution in [3.05, 3.63) is 17.5 Å². The van der Waals surface area contributed by atoms with Crippen LogP contribution in [0.4, 0.5) is 0 Å². The van der Waals surface area contributed by atoms with E-state index in [0.717, 1.165) is 18.5 Å². The summed E-state index contributed by atoms with van der Waals surface area (Å²) in [6.45, 7) is 1.91. The number of amides is 1. The molecule has 1 N–H and O–H groups in total. The summed E-state index contributed by atoms with van der Waals surface area (Å²) < 4.78 is 1.66. The zero-order chi connectivity index (χ0) is 13.6. The van der Waals surface area contributed by atoms with E-state index in [9.17, 15) is 4.79 Å². The van der Waals surface area contributed by atoms with Crippen LogP contribution in [-0.2, 0) is 7.05 Å². The average Bonchev–Trinajstić information content (AvgIpc) is 2.77. The van der Waals surface area contributed by atoms with E-state index in [4.69, 9.17) is 0 Å². The van der Waals surface area contributed by atoms with Gasteiger partial charge in [-0.3, -0.25) is 9.48 Å². The Morgan fingerprint density at radius 3 is 2.47 bits per heavy atom. The van der Waals surface area contributed by atoms with Crippen molar-refractivity contribution in [1.29, 1.82) is 0 Å². The average molecular weight is 262 g/mol. The molecule has 0 spiro atoms. The van der Waals surface area contributed by atoms with E-state index in [1.165, 1.54) is 12.8 Å². The summed E-state index contributed by atoms with van der Waals surface area (Å²) in [6, 6.07) is 3.46. The number of nitrogens with one attached hydrogen (secondary N) is 1. The van der Waals surface area contributed by atoms with Crippen LogP contribution >= 0.6 is 0 Å². The van der Waals surface area contributed by atoms with Crippen LogP contribution < -0.4 is 5.32 Å². The third kappa shape index (κ3) is 2.27. The molecule has 2 fully saturated rings. The van der Waals surface area contributed by atoms with Crippen molar-refractivity contribution in [1.82, 2.24) is 20.0 Å². The van der Waals surface area contributed by atoms with Gasteiger partial charge < -0.3 is 10.2 Å². The van der Waals surface area contributed by atoms with E-state index in [1.807, 2.05) is 20.0 Å². The Hall–Kier alpha value is -1.36. The Morgan fingerprint density at radius 2 is 1.95 bits per heavy atom. The molecule has 1 aromatic rings. The molecule has 2 saturated heterocycles. The van der Waals surface area contributed by atoms with E-state index in [2.05, 4.69) is 22.4 Å². The SMILES string of the molecule is Cc1cc(C(=O)NC2CC3CCC(C2)N3C)n(C)n1. The van der Waals surface area contributed by atoms with Crippen molar-refractivity contribution >= 4 is 5.91 Å². The third-order valence-electron chi connectivity index (χ3n) is 4.67. The zero-order valence-corrected chi connectivity index (χ0v) is 11.9. The number of fused-ring (bicyclic) bond motifs is 2. The quantitative estimate of drug-likeness (QED) is 0.868. The lowest BCUT2D eigenvalue weighted by molar-refractivity contribution is 0.0873. The molecular weight excluding hydrogens is 240 g/mol. The molecule has 2 aliphatic heterocycles. The maximum atomic E-state index is 12.3. The number of rotatable bonds is 2. The second-order valence-electron chi connectivity index (χ2n) is 5.99. The number of hydrogen-bond acceptors (Lipinski definition) is 3. The third-order valence-corrected chi connectivity index (χ3v) is 4.67. The maximum Gasteiger partial charge on any atom is 0.269 e. The van der Waals surface area contributed by atoms with Crippen LogP contribution in [0, 0.1) is 6.92 Å². The molecule has 0 aromatic carbocycles. The largest absolute Gasteiger partial charge is 0.348 e. The smallest absolute Gasteiger partial charge is 0.269 e. The Bertz CT molecular complexity index is 482. The minimum Gasteiger partial charge on any atom is -0.348 e. The first kappa shape index (κ1) is 12.7. The molecule has 0 saturated carbocycles. The van der Waals surface area contributed by atoms with Gasteiger partial charge in [0.05, 0.1) is 5.69 Å². The first-order valence-electron chi connectivity index (χ1n) is 7.08. The van der Waals surface area contributed by atoms with Gasteiger partial charge in [-0.05, 0) is 45.7 Å². The summed E-state index contributed by atoms with van der Waals surface area (Å²) in [6.07, 6.45) is 4.71. The van der Waals surface area contributed by atoms with Gasteiger partial charge in [0.1, 0.15) is 5.69 Å². The first-order chi connectivity index (χ1) is 9.04. The van der Waals surface area contributed by atoms with Crippen molar-refractivity contribution < 1.29 is 4.79 Å². The van der Waals surface area contributed by atoms with Gasteiger partial charge in [0, 0.05) is 25.2 Å². The standard InChI is InChI=1S/C14H22N4O/c1-9-6-13(18(3)16-9)14(19)15-10-7-11-4-5-12(8-10)17(11)2/h6,10-12H,4-5,7-8H2,1-3H3,(H,15,19). The topological polar surface area (TPSA) is 50.2 Å². The Kier molecular flexibility index (Phi) is 3.09. The number of carbonyl (C=O) groups is 1. The van der Waals surface area contributed by atoms with Crippen molar-refractivity contribution in [2.75, 3.05) is 7.05 Å². The zero-order valence-electron chi connectivity index (χ0n) is 11.9. The van der Waals surface area contributed by atoms with Gasteiger partial charge in [-0.1, -0.05) is 0 Å². The van der Waals surface area contributed by atoms with Gasteiger partial charge in [-0.15, -0.1) is 0 Å². The van der Waals surface area contributed by atoms with E-state index >= 15 is 0 Å². The normalized spacial score (nSPS) is 30.6. The molecule has 3 rings (SSSR count). The van der Waals surface area contributed by atoms with Gasteiger partial charge in [0.15, 0.2) is 0 Å². The van der Waals surface area contributed by atoms with Gasteiger partial charge in [0.2, 0.25) is 0 Å². The lowest BCUT2D eigenvalue weighted by Gasteiger charge is -2.36. The lowest BCUT2D eigenvalue weighted by Crippen LogP contribution is -2.49. The van der Waals surface area contributed by atoms with Gasteiger partial charge in [-0.2, -0.15) is 5.10 Å². The number of aromatic nitrogens is 2. The fourth-order valence-corrected chi connectivity index (χ4v) is 3.61. The van der Waals surface area contributed by atoms with Gasteiger partial charge in [0.25, 0.3) is 5.91 Å². The Morgan fingerprint density at radius 1 is 1.32 bits per heavy atom. The number of nitrogens with zero attached hydrogens (tertiary/aromatic N) is 3. The minimum atomic E-state index is 0.0112. The highest BCUT2D eigenvalue weighted by molar-refractivity contribution is 5.92. The first-order valence-corrected chi connectivity index (χ1v) is 7.08. The summed E-state index contributed by atoms with van der Waals surface area (Å²) in [5.74, 6) is 0.0112. The van der Waals surface area contributed by atoms with Crippen LogP contribution in [0.2, 0.25) is 0 Å². The van der Waals surface area contributed by atoms with E-state index in [0.29, 0.717) is 23.8 Å². The van der Waals surface area contributed by atoms with E-state index in [-0.39, 0.29) is 5.91 Å². The van der Waals surface area contributed by atoms with Gasteiger partial charge in [-0.25, -0.2) is 0 Å². The number of piperidine rings is 1. The van der Waals surface area contributed by atoms with Crippen molar-refractivity contribution in [3.63, 3.8) is 0 Å². The Balaban J connectivity index is 1.66. The fourth-order valence-electron chi connectivity index (χ4n) is 3.61. The molecule has 5 heteroatoms. The highest BCUT2D eigenvalue weighted by Crippen LogP contribution is 2.34. The molecule has 0 radical (unpaired) electrons.